The summed E-state index contributed by atoms with van der Waals surface area (Å²) in [6, 6.07) is 11.9. The molecule has 0 spiro atoms. The SMILES string of the molecule is CCOc1ccc2ccccc2c1/C=N\NC(=O)CN1CCCCCC1=O. The van der Waals surface area contributed by atoms with Gasteiger partial charge in [-0.25, -0.2) is 5.43 Å². The van der Waals surface area contributed by atoms with Gasteiger partial charge < -0.3 is 9.64 Å². The highest BCUT2D eigenvalue weighted by atomic mass is 16.5. The van der Waals surface area contributed by atoms with E-state index in [4.69, 9.17) is 4.74 Å². The molecule has 0 aromatic heterocycles. The number of fused-ring (bicyclic) bond motifs is 1. The summed E-state index contributed by atoms with van der Waals surface area (Å²) >= 11 is 0. The number of hydrogen-bond donors (Lipinski definition) is 1. The molecule has 0 radical (unpaired) electrons. The van der Waals surface area contributed by atoms with Crippen molar-refractivity contribution in [1.82, 2.24) is 10.3 Å². The Bertz CT molecular complexity index is 848. The number of nitrogens with zero attached hydrogens (tertiary/aromatic N) is 2. The van der Waals surface area contributed by atoms with Gasteiger partial charge in [0.1, 0.15) is 12.3 Å². The summed E-state index contributed by atoms with van der Waals surface area (Å²) in [7, 11) is 0. The topological polar surface area (TPSA) is 71.0 Å². The maximum Gasteiger partial charge on any atom is 0.259 e. The molecule has 1 aliphatic heterocycles. The Morgan fingerprint density at radius 1 is 1.22 bits per heavy atom. The van der Waals surface area contributed by atoms with Crippen molar-refractivity contribution in [3.63, 3.8) is 0 Å². The molecule has 3 rings (SSSR count). The maximum atomic E-state index is 12.2. The van der Waals surface area contributed by atoms with Gasteiger partial charge in [0.05, 0.1) is 12.8 Å². The highest BCUT2D eigenvalue weighted by molar-refractivity contribution is 6.02. The number of ether oxygens (including phenoxy) is 1. The third kappa shape index (κ3) is 4.84. The van der Waals surface area contributed by atoms with Crippen molar-refractivity contribution in [2.24, 2.45) is 5.10 Å². The van der Waals surface area contributed by atoms with Crippen LogP contribution in [0.2, 0.25) is 0 Å². The van der Waals surface area contributed by atoms with Crippen LogP contribution in [-0.4, -0.2) is 42.6 Å². The average Bonchev–Trinajstić information content (AvgIpc) is 2.88. The van der Waals surface area contributed by atoms with E-state index in [1.54, 1.807) is 11.1 Å². The predicted molar refractivity (Wildman–Crippen MR) is 106 cm³/mol. The van der Waals surface area contributed by atoms with Gasteiger partial charge in [-0.2, -0.15) is 5.10 Å². The summed E-state index contributed by atoms with van der Waals surface area (Å²) < 4.78 is 5.70. The molecule has 2 aromatic carbocycles. The average molecular weight is 367 g/mol. The molecule has 0 atom stereocenters. The normalized spacial score (nSPS) is 15.1. The molecule has 0 aliphatic carbocycles. The van der Waals surface area contributed by atoms with Crippen LogP contribution in [0.5, 0.6) is 5.75 Å². The number of benzene rings is 2. The molecule has 1 saturated heterocycles. The minimum absolute atomic E-state index is 0.0410. The fourth-order valence-corrected chi connectivity index (χ4v) is 3.27. The van der Waals surface area contributed by atoms with Crippen LogP contribution in [0, 0.1) is 0 Å². The maximum absolute atomic E-state index is 12.2. The van der Waals surface area contributed by atoms with E-state index in [0.717, 1.165) is 41.3 Å². The van der Waals surface area contributed by atoms with Crippen molar-refractivity contribution in [2.45, 2.75) is 32.6 Å². The summed E-state index contributed by atoms with van der Waals surface area (Å²) in [4.78, 5) is 25.8. The standard InChI is InChI=1S/C21H25N3O3/c1-2-27-19-12-11-16-8-5-6-9-17(16)18(19)14-22-23-20(25)15-24-13-7-3-4-10-21(24)26/h5-6,8-9,11-12,14H,2-4,7,10,13,15H2,1H3,(H,23,25)/b22-14-. The first-order chi connectivity index (χ1) is 13.2. The molecule has 2 aromatic rings. The summed E-state index contributed by atoms with van der Waals surface area (Å²) in [6.45, 7) is 3.15. The summed E-state index contributed by atoms with van der Waals surface area (Å²) in [5.74, 6) is 0.468. The zero-order valence-electron chi connectivity index (χ0n) is 15.6. The molecule has 6 nitrogen and oxygen atoms in total. The Balaban J connectivity index is 1.71. The number of nitrogens with one attached hydrogen (secondary N) is 1. The first-order valence-electron chi connectivity index (χ1n) is 9.43. The Labute approximate surface area is 159 Å². The molecule has 1 fully saturated rings. The van der Waals surface area contributed by atoms with Crippen LogP contribution in [0.4, 0.5) is 0 Å². The van der Waals surface area contributed by atoms with Crippen molar-refractivity contribution in [3.05, 3.63) is 42.0 Å². The molecular weight excluding hydrogens is 342 g/mol. The fraction of sp³-hybridized carbons (Fsp3) is 0.381. The highest BCUT2D eigenvalue weighted by Gasteiger charge is 2.18. The number of likely N-dealkylation sites (tertiary alicyclic amines) is 1. The van der Waals surface area contributed by atoms with Crippen LogP contribution in [0.15, 0.2) is 41.5 Å². The number of hydrazone groups is 1. The van der Waals surface area contributed by atoms with Crippen molar-refractivity contribution in [1.29, 1.82) is 0 Å². The first-order valence-corrected chi connectivity index (χ1v) is 9.43. The lowest BCUT2D eigenvalue weighted by molar-refractivity contribution is -0.135. The van der Waals surface area contributed by atoms with E-state index < -0.39 is 0 Å². The molecular formula is C21H25N3O3. The van der Waals surface area contributed by atoms with Gasteiger partial charge in [-0.15, -0.1) is 0 Å². The van der Waals surface area contributed by atoms with E-state index in [1.807, 2.05) is 43.3 Å². The second-order valence-corrected chi connectivity index (χ2v) is 6.55. The van der Waals surface area contributed by atoms with Crippen LogP contribution in [0.25, 0.3) is 10.8 Å². The zero-order valence-corrected chi connectivity index (χ0v) is 15.6. The summed E-state index contributed by atoms with van der Waals surface area (Å²) in [5.41, 5.74) is 3.35. The lowest BCUT2D eigenvalue weighted by Crippen LogP contribution is -2.39. The van der Waals surface area contributed by atoms with Crippen LogP contribution in [0.1, 0.15) is 38.2 Å². The van der Waals surface area contributed by atoms with E-state index >= 15 is 0 Å². The second kappa shape index (κ2) is 9.16. The van der Waals surface area contributed by atoms with E-state index in [1.165, 1.54) is 0 Å². The molecule has 1 N–H and O–H groups in total. The van der Waals surface area contributed by atoms with Crippen LogP contribution in [0.3, 0.4) is 0 Å². The van der Waals surface area contributed by atoms with E-state index in [2.05, 4.69) is 10.5 Å². The largest absolute Gasteiger partial charge is 0.493 e. The van der Waals surface area contributed by atoms with Crippen molar-refractivity contribution in [2.75, 3.05) is 19.7 Å². The Morgan fingerprint density at radius 3 is 2.93 bits per heavy atom. The minimum Gasteiger partial charge on any atom is -0.493 e. The summed E-state index contributed by atoms with van der Waals surface area (Å²) in [5, 5.41) is 6.18. The minimum atomic E-state index is -0.292. The number of rotatable bonds is 6. The molecule has 0 bridgehead atoms. The third-order valence-electron chi connectivity index (χ3n) is 4.62. The Hall–Kier alpha value is -2.89. The van der Waals surface area contributed by atoms with Crippen LogP contribution >= 0.6 is 0 Å². The number of carbonyl (C=O) groups excluding carboxylic acids is 2. The van der Waals surface area contributed by atoms with Gasteiger partial charge >= 0.3 is 0 Å². The van der Waals surface area contributed by atoms with Crippen LogP contribution < -0.4 is 10.2 Å². The second-order valence-electron chi connectivity index (χ2n) is 6.55. The lowest BCUT2D eigenvalue weighted by Gasteiger charge is -2.18. The third-order valence-corrected chi connectivity index (χ3v) is 4.62. The van der Waals surface area contributed by atoms with Gasteiger partial charge in [-0.3, -0.25) is 9.59 Å². The molecule has 6 heteroatoms. The molecule has 0 unspecified atom stereocenters. The van der Waals surface area contributed by atoms with Gasteiger partial charge in [0.15, 0.2) is 0 Å². The van der Waals surface area contributed by atoms with Crippen molar-refractivity contribution < 1.29 is 14.3 Å². The van der Waals surface area contributed by atoms with Crippen molar-refractivity contribution >= 4 is 28.8 Å². The van der Waals surface area contributed by atoms with Crippen molar-refractivity contribution in [3.8, 4) is 5.75 Å². The fourth-order valence-electron chi connectivity index (χ4n) is 3.27. The summed E-state index contributed by atoms with van der Waals surface area (Å²) in [6.07, 6.45) is 5.00. The van der Waals surface area contributed by atoms with Gasteiger partial charge in [0, 0.05) is 18.5 Å². The van der Waals surface area contributed by atoms with Gasteiger partial charge in [-0.05, 0) is 36.6 Å². The Morgan fingerprint density at radius 2 is 2.07 bits per heavy atom. The van der Waals surface area contributed by atoms with Gasteiger partial charge in [-0.1, -0.05) is 36.8 Å². The van der Waals surface area contributed by atoms with Gasteiger partial charge in [0.25, 0.3) is 5.91 Å². The number of carbonyl (C=O) groups is 2. The van der Waals surface area contributed by atoms with Gasteiger partial charge in [0.2, 0.25) is 5.91 Å². The number of amides is 2. The molecule has 0 saturated carbocycles. The van der Waals surface area contributed by atoms with E-state index in [9.17, 15) is 9.59 Å². The lowest BCUT2D eigenvalue weighted by atomic mass is 10.0. The molecule has 1 heterocycles. The van der Waals surface area contributed by atoms with E-state index in [0.29, 0.717) is 19.6 Å². The molecule has 1 aliphatic rings. The highest BCUT2D eigenvalue weighted by Crippen LogP contribution is 2.26. The molecule has 27 heavy (non-hydrogen) atoms. The van der Waals surface area contributed by atoms with E-state index in [-0.39, 0.29) is 18.4 Å². The van der Waals surface area contributed by atoms with Crippen LogP contribution in [-0.2, 0) is 9.59 Å². The monoisotopic (exact) mass is 367 g/mol. The molecule has 142 valence electrons. The smallest absolute Gasteiger partial charge is 0.259 e. The zero-order chi connectivity index (χ0) is 19.1. The number of hydrogen-bond acceptors (Lipinski definition) is 4. The first kappa shape index (κ1) is 18.9. The predicted octanol–water partition coefficient (Wildman–Crippen LogP) is 3.09. The Kier molecular flexibility index (Phi) is 6.41. The molecule has 2 amide bonds. The quantitative estimate of drug-likeness (QED) is 0.630.